The van der Waals surface area contributed by atoms with Crippen molar-refractivity contribution in [2.24, 2.45) is 0 Å². The Bertz CT molecular complexity index is 790. The summed E-state index contributed by atoms with van der Waals surface area (Å²) in [5.74, 6) is 0.243. The molecule has 29 heavy (non-hydrogen) atoms. The van der Waals surface area contributed by atoms with Crippen molar-refractivity contribution in [1.82, 2.24) is 14.9 Å². The Morgan fingerprint density at radius 3 is 2.10 bits per heavy atom. The fraction of sp³-hybridized carbons (Fsp3) is 0.458. The smallest absolute Gasteiger partial charge is 0.251 e. The molecule has 0 radical (unpaired) electrons. The molecule has 0 N–H and O–H groups in total. The standard InChI is InChI=1S/C24H30ClN3O/c25-22-11-9-21(10-12-22)18-23(17-20-7-3-1-4-8-20)26-15-16-28(24(29)19-26)27-13-5-2-6-14-27/h1,3-4,7-12,23H,2,5-6,13-19H2. The van der Waals surface area contributed by atoms with Crippen molar-refractivity contribution >= 4 is 17.5 Å². The second-order valence-electron chi connectivity index (χ2n) is 8.18. The van der Waals surface area contributed by atoms with E-state index in [-0.39, 0.29) is 5.91 Å². The average molecular weight is 412 g/mol. The minimum atomic E-state index is 0.243. The lowest BCUT2D eigenvalue weighted by atomic mass is 9.97. The van der Waals surface area contributed by atoms with Gasteiger partial charge in [0.05, 0.1) is 13.1 Å². The van der Waals surface area contributed by atoms with Crippen LogP contribution in [0.4, 0.5) is 0 Å². The highest BCUT2D eigenvalue weighted by atomic mass is 35.5. The zero-order valence-electron chi connectivity index (χ0n) is 17.0. The quantitative estimate of drug-likeness (QED) is 0.717. The van der Waals surface area contributed by atoms with E-state index in [9.17, 15) is 4.79 Å². The lowest BCUT2D eigenvalue weighted by molar-refractivity contribution is -0.159. The molecule has 4 rings (SSSR count). The second-order valence-corrected chi connectivity index (χ2v) is 8.61. The summed E-state index contributed by atoms with van der Waals surface area (Å²) in [6.07, 6.45) is 5.54. The van der Waals surface area contributed by atoms with Gasteiger partial charge in [-0.1, -0.05) is 60.5 Å². The van der Waals surface area contributed by atoms with Gasteiger partial charge in [0.2, 0.25) is 0 Å². The van der Waals surface area contributed by atoms with Crippen molar-refractivity contribution in [2.45, 2.75) is 38.1 Å². The molecule has 2 saturated heterocycles. The van der Waals surface area contributed by atoms with Gasteiger partial charge in [-0.15, -0.1) is 0 Å². The van der Waals surface area contributed by atoms with Gasteiger partial charge < -0.3 is 0 Å². The van der Waals surface area contributed by atoms with E-state index in [4.69, 9.17) is 11.6 Å². The monoisotopic (exact) mass is 411 g/mol. The molecule has 2 fully saturated rings. The first-order valence-electron chi connectivity index (χ1n) is 10.8. The Balaban J connectivity index is 1.46. The first-order chi connectivity index (χ1) is 14.2. The van der Waals surface area contributed by atoms with Gasteiger partial charge in [-0.05, 0) is 48.9 Å². The van der Waals surface area contributed by atoms with Crippen LogP contribution in [0.5, 0.6) is 0 Å². The third-order valence-electron chi connectivity index (χ3n) is 6.11. The first kappa shape index (κ1) is 20.4. The number of hydrazine groups is 1. The molecular weight excluding hydrogens is 382 g/mol. The SMILES string of the molecule is O=C1CN(C(Cc2ccccc2)Cc2ccc(Cl)cc2)CCN1N1CCCCC1. The van der Waals surface area contributed by atoms with Crippen molar-refractivity contribution in [2.75, 3.05) is 32.7 Å². The van der Waals surface area contributed by atoms with E-state index in [0.29, 0.717) is 12.6 Å². The molecule has 154 valence electrons. The largest absolute Gasteiger partial charge is 0.289 e. The number of hydrogen-bond donors (Lipinski definition) is 0. The van der Waals surface area contributed by atoms with E-state index in [1.807, 2.05) is 17.1 Å². The Morgan fingerprint density at radius 2 is 1.45 bits per heavy atom. The summed E-state index contributed by atoms with van der Waals surface area (Å²) >= 11 is 6.07. The summed E-state index contributed by atoms with van der Waals surface area (Å²) in [5, 5.41) is 5.05. The van der Waals surface area contributed by atoms with Gasteiger partial charge in [0.15, 0.2) is 0 Å². The molecule has 4 nitrogen and oxygen atoms in total. The van der Waals surface area contributed by atoms with Gasteiger partial charge in [-0.2, -0.15) is 0 Å². The molecule has 0 bridgehead atoms. The summed E-state index contributed by atoms with van der Waals surface area (Å²) in [5.41, 5.74) is 2.58. The molecule has 0 spiro atoms. The molecule has 5 heteroatoms. The number of halogens is 1. The van der Waals surface area contributed by atoms with Crippen LogP contribution in [0, 0.1) is 0 Å². The van der Waals surface area contributed by atoms with Gasteiger partial charge in [-0.25, -0.2) is 5.01 Å². The average Bonchev–Trinajstić information content (AvgIpc) is 2.76. The van der Waals surface area contributed by atoms with E-state index >= 15 is 0 Å². The molecule has 2 aliphatic rings. The number of piperidine rings is 1. The predicted octanol–water partition coefficient (Wildman–Crippen LogP) is 4.04. The maximum Gasteiger partial charge on any atom is 0.251 e. The number of rotatable bonds is 6. The van der Waals surface area contributed by atoms with Crippen LogP contribution in [0.1, 0.15) is 30.4 Å². The highest BCUT2D eigenvalue weighted by molar-refractivity contribution is 6.30. The van der Waals surface area contributed by atoms with Crippen LogP contribution in [0.2, 0.25) is 5.02 Å². The van der Waals surface area contributed by atoms with Gasteiger partial charge in [-0.3, -0.25) is 14.7 Å². The van der Waals surface area contributed by atoms with Crippen LogP contribution in [-0.4, -0.2) is 59.6 Å². The predicted molar refractivity (Wildman–Crippen MR) is 118 cm³/mol. The molecule has 0 aromatic heterocycles. The summed E-state index contributed by atoms with van der Waals surface area (Å²) < 4.78 is 0. The van der Waals surface area contributed by atoms with Crippen LogP contribution in [0.25, 0.3) is 0 Å². The Labute approximate surface area is 179 Å². The minimum Gasteiger partial charge on any atom is -0.289 e. The molecule has 1 amide bonds. The van der Waals surface area contributed by atoms with Crippen LogP contribution >= 0.6 is 11.6 Å². The highest BCUT2D eigenvalue weighted by Crippen LogP contribution is 2.20. The zero-order chi connectivity index (χ0) is 20.1. The highest BCUT2D eigenvalue weighted by Gasteiger charge is 2.32. The Kier molecular flexibility index (Phi) is 6.86. The van der Waals surface area contributed by atoms with E-state index in [1.54, 1.807) is 0 Å². The molecular formula is C24H30ClN3O. The van der Waals surface area contributed by atoms with E-state index in [0.717, 1.165) is 44.0 Å². The number of hydrogen-bond acceptors (Lipinski definition) is 3. The summed E-state index contributed by atoms with van der Waals surface area (Å²) in [6, 6.07) is 19.0. The molecule has 2 aromatic rings. The van der Waals surface area contributed by atoms with E-state index in [2.05, 4.69) is 52.4 Å². The number of nitrogens with zero attached hydrogens (tertiary/aromatic N) is 3. The Hall–Kier alpha value is -1.88. The molecule has 2 aromatic carbocycles. The third kappa shape index (κ3) is 5.39. The van der Waals surface area contributed by atoms with Gasteiger partial charge in [0.1, 0.15) is 0 Å². The fourth-order valence-electron chi connectivity index (χ4n) is 4.52. The van der Waals surface area contributed by atoms with Crippen LogP contribution < -0.4 is 0 Å². The van der Waals surface area contributed by atoms with Gasteiger partial charge in [0.25, 0.3) is 5.91 Å². The van der Waals surface area contributed by atoms with Crippen molar-refractivity contribution in [1.29, 1.82) is 0 Å². The van der Waals surface area contributed by atoms with Crippen LogP contribution in [-0.2, 0) is 17.6 Å². The van der Waals surface area contributed by atoms with Crippen LogP contribution in [0.15, 0.2) is 54.6 Å². The van der Waals surface area contributed by atoms with E-state index < -0.39 is 0 Å². The minimum absolute atomic E-state index is 0.243. The molecule has 2 aliphatic heterocycles. The first-order valence-corrected chi connectivity index (χ1v) is 11.1. The molecule has 1 unspecified atom stereocenters. The third-order valence-corrected chi connectivity index (χ3v) is 6.37. The number of amides is 1. The van der Waals surface area contributed by atoms with Crippen molar-refractivity contribution < 1.29 is 4.79 Å². The Morgan fingerprint density at radius 1 is 0.793 bits per heavy atom. The van der Waals surface area contributed by atoms with Crippen molar-refractivity contribution in [3.05, 3.63) is 70.7 Å². The number of carbonyl (C=O) groups excluding carboxylic acids is 1. The fourth-order valence-corrected chi connectivity index (χ4v) is 4.65. The molecule has 1 atom stereocenters. The van der Waals surface area contributed by atoms with Gasteiger partial charge >= 0.3 is 0 Å². The maximum atomic E-state index is 13.0. The summed E-state index contributed by atoms with van der Waals surface area (Å²) in [7, 11) is 0. The van der Waals surface area contributed by atoms with Crippen LogP contribution in [0.3, 0.4) is 0 Å². The second kappa shape index (κ2) is 9.75. The lowest BCUT2D eigenvalue weighted by Crippen LogP contribution is -2.60. The molecule has 2 heterocycles. The van der Waals surface area contributed by atoms with E-state index in [1.165, 1.54) is 30.4 Å². The number of benzene rings is 2. The normalized spacial score (nSPS) is 20.0. The molecule has 0 aliphatic carbocycles. The lowest BCUT2D eigenvalue weighted by Gasteiger charge is -2.44. The molecule has 0 saturated carbocycles. The van der Waals surface area contributed by atoms with Gasteiger partial charge in [0, 0.05) is 30.7 Å². The topological polar surface area (TPSA) is 26.8 Å². The van der Waals surface area contributed by atoms with Crippen molar-refractivity contribution in [3.63, 3.8) is 0 Å². The zero-order valence-corrected chi connectivity index (χ0v) is 17.7. The summed E-state index contributed by atoms with van der Waals surface area (Å²) in [4.78, 5) is 15.4. The number of piperazine rings is 1. The maximum absolute atomic E-state index is 13.0. The van der Waals surface area contributed by atoms with Crippen molar-refractivity contribution in [3.8, 4) is 0 Å². The number of carbonyl (C=O) groups is 1. The summed E-state index contributed by atoms with van der Waals surface area (Å²) in [6.45, 7) is 4.26.